The molecule has 2 aromatic rings. The van der Waals surface area contributed by atoms with E-state index in [0.717, 1.165) is 28.0 Å². The predicted molar refractivity (Wildman–Crippen MR) is 76.7 cm³/mol. The molecule has 0 aliphatic heterocycles. The average Bonchev–Trinajstić information content (AvgIpc) is 2.46. The van der Waals surface area contributed by atoms with Gasteiger partial charge in [-0.2, -0.15) is 5.26 Å². The molecule has 1 atom stereocenters. The maximum Gasteiger partial charge on any atom is 0.127 e. The third-order valence-corrected chi connectivity index (χ3v) is 3.56. The molecule has 0 aliphatic carbocycles. The molecular formula is C16H17N3O. The number of nitriles is 1. The zero-order valence-electron chi connectivity index (χ0n) is 12.1. The third-order valence-electron chi connectivity index (χ3n) is 3.56. The van der Waals surface area contributed by atoms with Crippen LogP contribution in [0.15, 0.2) is 24.7 Å². The quantitative estimate of drug-likeness (QED) is 0.857. The van der Waals surface area contributed by atoms with Crippen molar-refractivity contribution < 1.29 is 4.74 Å². The van der Waals surface area contributed by atoms with Gasteiger partial charge < -0.3 is 4.74 Å². The van der Waals surface area contributed by atoms with Gasteiger partial charge in [0.05, 0.1) is 18.9 Å². The van der Waals surface area contributed by atoms with Crippen LogP contribution in [0.3, 0.4) is 0 Å². The standard InChI is InChI=1S/C16H17N3O/c1-10-7-11(2)15(16(20-4)12(10)3)13(8-17)14-5-6-18-9-19-14/h5-7,9,13H,1-4H3. The van der Waals surface area contributed by atoms with Crippen LogP contribution in [0.25, 0.3) is 0 Å². The molecule has 1 heterocycles. The molecule has 1 aromatic heterocycles. The van der Waals surface area contributed by atoms with Gasteiger partial charge >= 0.3 is 0 Å². The number of ether oxygens (including phenoxy) is 1. The fraction of sp³-hybridized carbons (Fsp3) is 0.312. The molecule has 2 rings (SSSR count). The van der Waals surface area contributed by atoms with Crippen LogP contribution in [0.5, 0.6) is 5.75 Å². The van der Waals surface area contributed by atoms with E-state index in [4.69, 9.17) is 4.74 Å². The van der Waals surface area contributed by atoms with Crippen molar-refractivity contribution in [2.45, 2.75) is 26.7 Å². The summed E-state index contributed by atoms with van der Waals surface area (Å²) < 4.78 is 5.55. The average molecular weight is 267 g/mol. The minimum atomic E-state index is -0.452. The molecule has 1 unspecified atom stereocenters. The summed E-state index contributed by atoms with van der Waals surface area (Å²) >= 11 is 0. The molecule has 0 fully saturated rings. The lowest BCUT2D eigenvalue weighted by molar-refractivity contribution is 0.405. The van der Waals surface area contributed by atoms with Gasteiger partial charge in [-0.05, 0) is 43.5 Å². The normalized spacial score (nSPS) is 11.8. The van der Waals surface area contributed by atoms with Gasteiger partial charge in [-0.1, -0.05) is 6.07 Å². The second kappa shape index (κ2) is 5.70. The minimum absolute atomic E-state index is 0.452. The Kier molecular flexibility index (Phi) is 3.99. The summed E-state index contributed by atoms with van der Waals surface area (Å²) in [7, 11) is 1.64. The van der Waals surface area contributed by atoms with Crippen molar-refractivity contribution in [2.24, 2.45) is 0 Å². The maximum absolute atomic E-state index is 9.57. The van der Waals surface area contributed by atoms with E-state index in [-0.39, 0.29) is 0 Å². The Balaban J connectivity index is 2.68. The number of hydrogen-bond acceptors (Lipinski definition) is 4. The largest absolute Gasteiger partial charge is 0.496 e. The predicted octanol–water partition coefficient (Wildman–Crippen LogP) is 3.07. The highest BCUT2D eigenvalue weighted by Crippen LogP contribution is 2.37. The summed E-state index contributed by atoms with van der Waals surface area (Å²) in [5.41, 5.74) is 4.82. The number of rotatable bonds is 3. The Morgan fingerprint density at radius 3 is 2.55 bits per heavy atom. The number of benzene rings is 1. The fourth-order valence-corrected chi connectivity index (χ4v) is 2.44. The molecule has 0 radical (unpaired) electrons. The van der Waals surface area contributed by atoms with Crippen molar-refractivity contribution in [1.29, 1.82) is 5.26 Å². The van der Waals surface area contributed by atoms with Crippen LogP contribution in [0.2, 0.25) is 0 Å². The molecule has 4 nitrogen and oxygen atoms in total. The molecule has 0 amide bonds. The van der Waals surface area contributed by atoms with Crippen LogP contribution < -0.4 is 4.74 Å². The van der Waals surface area contributed by atoms with Crippen LogP contribution >= 0.6 is 0 Å². The molecule has 0 saturated carbocycles. The fourth-order valence-electron chi connectivity index (χ4n) is 2.44. The molecule has 1 aromatic carbocycles. The Bertz CT molecular complexity index is 660. The molecule has 0 aliphatic rings. The summed E-state index contributed by atoms with van der Waals surface area (Å²) in [5.74, 6) is 0.319. The molecular weight excluding hydrogens is 250 g/mol. The van der Waals surface area contributed by atoms with Crippen LogP contribution in [-0.2, 0) is 0 Å². The molecule has 0 saturated heterocycles. The molecule has 0 N–H and O–H groups in total. The molecule has 20 heavy (non-hydrogen) atoms. The molecule has 0 bridgehead atoms. The summed E-state index contributed by atoms with van der Waals surface area (Å²) in [6.45, 7) is 6.04. The summed E-state index contributed by atoms with van der Waals surface area (Å²) in [5, 5.41) is 9.57. The van der Waals surface area contributed by atoms with E-state index in [1.54, 1.807) is 19.4 Å². The molecule has 4 heteroatoms. The number of hydrogen-bond donors (Lipinski definition) is 0. The SMILES string of the molecule is COc1c(C)c(C)cc(C)c1C(C#N)c1ccncn1. The van der Waals surface area contributed by atoms with Crippen molar-refractivity contribution in [2.75, 3.05) is 7.11 Å². The Morgan fingerprint density at radius 2 is 2.00 bits per heavy atom. The zero-order chi connectivity index (χ0) is 14.7. The van der Waals surface area contributed by atoms with E-state index in [9.17, 15) is 5.26 Å². The second-order valence-electron chi connectivity index (χ2n) is 4.78. The van der Waals surface area contributed by atoms with E-state index in [1.165, 1.54) is 6.33 Å². The molecule has 0 spiro atoms. The second-order valence-corrected chi connectivity index (χ2v) is 4.78. The number of nitrogens with zero attached hydrogens (tertiary/aromatic N) is 3. The van der Waals surface area contributed by atoms with Crippen molar-refractivity contribution in [3.8, 4) is 11.8 Å². The van der Waals surface area contributed by atoms with Crippen LogP contribution in [0.4, 0.5) is 0 Å². The van der Waals surface area contributed by atoms with Gasteiger partial charge in [0, 0.05) is 11.8 Å². The van der Waals surface area contributed by atoms with E-state index in [0.29, 0.717) is 5.69 Å². The first-order chi connectivity index (χ1) is 9.60. The Labute approximate surface area is 119 Å². The first-order valence-corrected chi connectivity index (χ1v) is 6.40. The maximum atomic E-state index is 9.57. The van der Waals surface area contributed by atoms with Crippen LogP contribution in [-0.4, -0.2) is 17.1 Å². The van der Waals surface area contributed by atoms with E-state index < -0.39 is 5.92 Å². The van der Waals surface area contributed by atoms with Gasteiger partial charge in [0.2, 0.25) is 0 Å². The highest BCUT2D eigenvalue weighted by atomic mass is 16.5. The van der Waals surface area contributed by atoms with Crippen molar-refractivity contribution in [3.05, 3.63) is 52.6 Å². The van der Waals surface area contributed by atoms with E-state index in [1.807, 2.05) is 20.8 Å². The highest BCUT2D eigenvalue weighted by molar-refractivity contribution is 5.55. The topological polar surface area (TPSA) is 58.8 Å². The Hall–Kier alpha value is -2.41. The lowest BCUT2D eigenvalue weighted by Crippen LogP contribution is -2.08. The van der Waals surface area contributed by atoms with E-state index in [2.05, 4.69) is 22.1 Å². The first-order valence-electron chi connectivity index (χ1n) is 6.40. The van der Waals surface area contributed by atoms with Crippen molar-refractivity contribution >= 4 is 0 Å². The number of methoxy groups -OCH3 is 1. The van der Waals surface area contributed by atoms with Gasteiger partial charge in [-0.15, -0.1) is 0 Å². The molecule has 102 valence electrons. The summed E-state index contributed by atoms with van der Waals surface area (Å²) in [6, 6.07) is 6.17. The van der Waals surface area contributed by atoms with Gasteiger partial charge in [0.25, 0.3) is 0 Å². The smallest absolute Gasteiger partial charge is 0.127 e. The lowest BCUT2D eigenvalue weighted by Gasteiger charge is -2.19. The monoisotopic (exact) mass is 267 g/mol. The number of aromatic nitrogens is 2. The van der Waals surface area contributed by atoms with Crippen LogP contribution in [0, 0.1) is 32.1 Å². The minimum Gasteiger partial charge on any atom is -0.496 e. The van der Waals surface area contributed by atoms with Crippen molar-refractivity contribution in [3.63, 3.8) is 0 Å². The third kappa shape index (κ3) is 2.35. The van der Waals surface area contributed by atoms with Gasteiger partial charge in [-0.25, -0.2) is 9.97 Å². The lowest BCUT2D eigenvalue weighted by atomic mass is 9.88. The van der Waals surface area contributed by atoms with Crippen LogP contribution in [0.1, 0.15) is 33.9 Å². The summed E-state index contributed by atoms with van der Waals surface area (Å²) in [6.07, 6.45) is 3.11. The summed E-state index contributed by atoms with van der Waals surface area (Å²) in [4.78, 5) is 8.11. The van der Waals surface area contributed by atoms with Gasteiger partial charge in [0.15, 0.2) is 0 Å². The first kappa shape index (κ1) is 14.0. The van der Waals surface area contributed by atoms with Gasteiger partial charge in [0.1, 0.15) is 18.0 Å². The number of aryl methyl sites for hydroxylation is 2. The highest BCUT2D eigenvalue weighted by Gasteiger charge is 2.23. The van der Waals surface area contributed by atoms with Crippen molar-refractivity contribution in [1.82, 2.24) is 9.97 Å². The van der Waals surface area contributed by atoms with E-state index >= 15 is 0 Å². The van der Waals surface area contributed by atoms with Gasteiger partial charge in [-0.3, -0.25) is 0 Å². The Morgan fingerprint density at radius 1 is 1.25 bits per heavy atom. The zero-order valence-corrected chi connectivity index (χ0v) is 12.1.